The second kappa shape index (κ2) is 6.71. The van der Waals surface area contributed by atoms with Crippen LogP contribution in [0.1, 0.15) is 43.7 Å². The van der Waals surface area contributed by atoms with Crippen LogP contribution < -0.4 is 11.1 Å². The summed E-state index contributed by atoms with van der Waals surface area (Å²) in [6.45, 7) is 0. The van der Waals surface area contributed by atoms with Crippen LogP contribution in [0.15, 0.2) is 12.4 Å². The van der Waals surface area contributed by atoms with Crippen molar-refractivity contribution >= 4 is 11.9 Å². The van der Waals surface area contributed by atoms with Gasteiger partial charge in [0.05, 0.1) is 12.1 Å². The number of carbonyl (C=O) groups excluding carboxylic acids is 1. The van der Waals surface area contributed by atoms with E-state index in [1.807, 2.05) is 0 Å². The third kappa shape index (κ3) is 3.81. The van der Waals surface area contributed by atoms with E-state index in [1.165, 1.54) is 10.9 Å². The summed E-state index contributed by atoms with van der Waals surface area (Å²) in [6, 6.07) is -1.28. The normalized spacial score (nSPS) is 24.1. The average Bonchev–Trinajstić information content (AvgIpc) is 2.73. The molecule has 0 spiro atoms. The van der Waals surface area contributed by atoms with Crippen LogP contribution >= 0.6 is 0 Å². The molecule has 3 unspecified atom stereocenters. The molecule has 7 nitrogen and oxygen atoms in total. The first-order valence-electron chi connectivity index (χ1n) is 7.26. The third-order valence-corrected chi connectivity index (χ3v) is 4.00. The van der Waals surface area contributed by atoms with E-state index in [4.69, 9.17) is 5.73 Å². The molecule has 1 amide bonds. The lowest BCUT2D eigenvalue weighted by Gasteiger charge is -2.22. The fraction of sp³-hybridized carbons (Fsp3) is 0.643. The number of rotatable bonds is 4. The summed E-state index contributed by atoms with van der Waals surface area (Å²) in [5, 5.41) is 15.9. The molecule has 0 saturated heterocycles. The molecule has 1 fully saturated rings. The van der Waals surface area contributed by atoms with Gasteiger partial charge in [-0.15, -0.1) is 0 Å². The molecule has 21 heavy (non-hydrogen) atoms. The second-order valence-electron chi connectivity index (χ2n) is 5.64. The van der Waals surface area contributed by atoms with Gasteiger partial charge >= 0.3 is 5.97 Å². The molecule has 0 aromatic carbocycles. The van der Waals surface area contributed by atoms with E-state index >= 15 is 0 Å². The van der Waals surface area contributed by atoms with Crippen molar-refractivity contribution in [2.24, 2.45) is 18.7 Å². The molecular formula is C14H22N4O3. The minimum absolute atomic E-state index is 0.198. The van der Waals surface area contributed by atoms with Crippen LogP contribution in [0.25, 0.3) is 0 Å². The number of amides is 1. The Kier molecular flexibility index (Phi) is 4.95. The highest BCUT2D eigenvalue weighted by atomic mass is 16.4. The van der Waals surface area contributed by atoms with Gasteiger partial charge in [-0.25, -0.2) is 4.79 Å². The Morgan fingerprint density at radius 2 is 2.14 bits per heavy atom. The Balaban J connectivity index is 2.09. The standard InChI is InChI=1S/C14H22N4O3/c1-18-8-9(7-16-18)12(14(20)21)17-13(19)10-5-3-2-4-6-11(10)15/h7-8,10-12H,2-6,15H2,1H3,(H,17,19)(H,20,21). The topological polar surface area (TPSA) is 110 Å². The number of carboxylic acids is 1. The number of carboxylic acid groups (broad SMARTS) is 1. The lowest BCUT2D eigenvalue weighted by atomic mass is 9.94. The van der Waals surface area contributed by atoms with Gasteiger partial charge in [0.15, 0.2) is 6.04 Å². The number of carbonyl (C=O) groups is 2. The molecule has 116 valence electrons. The zero-order chi connectivity index (χ0) is 15.4. The van der Waals surface area contributed by atoms with Crippen LogP contribution in [-0.2, 0) is 16.6 Å². The smallest absolute Gasteiger partial charge is 0.331 e. The molecule has 1 heterocycles. The lowest BCUT2D eigenvalue weighted by molar-refractivity contribution is -0.142. The van der Waals surface area contributed by atoms with E-state index in [2.05, 4.69) is 10.4 Å². The van der Waals surface area contributed by atoms with Crippen LogP contribution in [0.5, 0.6) is 0 Å². The minimum Gasteiger partial charge on any atom is -0.479 e. The second-order valence-corrected chi connectivity index (χ2v) is 5.64. The number of nitrogens with zero attached hydrogens (tertiary/aromatic N) is 2. The summed E-state index contributed by atoms with van der Waals surface area (Å²) in [6.07, 6.45) is 7.61. The van der Waals surface area contributed by atoms with Crippen molar-refractivity contribution in [3.8, 4) is 0 Å². The van der Waals surface area contributed by atoms with Gasteiger partial charge in [-0.2, -0.15) is 5.10 Å². The summed E-state index contributed by atoms with van der Waals surface area (Å²) in [5.74, 6) is -1.69. The van der Waals surface area contributed by atoms with Crippen LogP contribution in [0.4, 0.5) is 0 Å². The molecule has 0 bridgehead atoms. The molecule has 4 N–H and O–H groups in total. The molecule has 3 atom stereocenters. The molecule has 1 aromatic rings. The summed E-state index contributed by atoms with van der Waals surface area (Å²) >= 11 is 0. The number of nitrogens with one attached hydrogen (secondary N) is 1. The molecule has 1 saturated carbocycles. The first-order chi connectivity index (χ1) is 9.99. The summed E-state index contributed by atoms with van der Waals surface area (Å²) < 4.78 is 1.51. The summed E-state index contributed by atoms with van der Waals surface area (Å²) in [4.78, 5) is 23.8. The largest absolute Gasteiger partial charge is 0.479 e. The zero-order valence-electron chi connectivity index (χ0n) is 12.2. The maximum Gasteiger partial charge on any atom is 0.331 e. The van der Waals surface area contributed by atoms with Crippen molar-refractivity contribution < 1.29 is 14.7 Å². The molecular weight excluding hydrogens is 272 g/mol. The SMILES string of the molecule is Cn1cc(C(NC(=O)C2CCCCCC2N)C(=O)O)cn1. The fourth-order valence-electron chi connectivity index (χ4n) is 2.79. The highest BCUT2D eigenvalue weighted by molar-refractivity contribution is 5.86. The van der Waals surface area contributed by atoms with Gasteiger partial charge in [-0.05, 0) is 12.8 Å². The van der Waals surface area contributed by atoms with E-state index in [1.54, 1.807) is 13.2 Å². The predicted octanol–water partition coefficient (Wildman–Crippen LogP) is 0.570. The molecule has 2 rings (SSSR count). The number of hydrogen-bond acceptors (Lipinski definition) is 4. The van der Waals surface area contributed by atoms with Gasteiger partial charge in [-0.3, -0.25) is 9.48 Å². The molecule has 0 aliphatic heterocycles. The van der Waals surface area contributed by atoms with Gasteiger partial charge in [-0.1, -0.05) is 19.3 Å². The number of aryl methyl sites for hydroxylation is 1. The fourth-order valence-corrected chi connectivity index (χ4v) is 2.79. The quantitative estimate of drug-likeness (QED) is 0.703. The van der Waals surface area contributed by atoms with Crippen LogP contribution in [0.2, 0.25) is 0 Å². The van der Waals surface area contributed by atoms with E-state index in [0.717, 1.165) is 25.7 Å². The van der Waals surface area contributed by atoms with E-state index in [0.29, 0.717) is 12.0 Å². The van der Waals surface area contributed by atoms with Gasteiger partial charge in [0.25, 0.3) is 0 Å². The first kappa shape index (κ1) is 15.5. The first-order valence-corrected chi connectivity index (χ1v) is 7.26. The Bertz CT molecular complexity index is 514. The minimum atomic E-state index is -1.10. The summed E-state index contributed by atoms with van der Waals surface area (Å²) in [5.41, 5.74) is 6.51. The van der Waals surface area contributed by atoms with Crippen molar-refractivity contribution in [2.75, 3.05) is 0 Å². The molecule has 7 heteroatoms. The Morgan fingerprint density at radius 3 is 2.76 bits per heavy atom. The van der Waals surface area contributed by atoms with Crippen molar-refractivity contribution in [3.63, 3.8) is 0 Å². The number of nitrogens with two attached hydrogens (primary N) is 1. The number of aliphatic carboxylic acids is 1. The van der Waals surface area contributed by atoms with Gasteiger partial charge in [0, 0.05) is 24.8 Å². The maximum atomic E-state index is 12.4. The van der Waals surface area contributed by atoms with Crippen molar-refractivity contribution in [3.05, 3.63) is 18.0 Å². The lowest BCUT2D eigenvalue weighted by Crippen LogP contribution is -2.44. The van der Waals surface area contributed by atoms with Gasteiger partial charge < -0.3 is 16.2 Å². The number of aromatic nitrogens is 2. The summed E-state index contributed by atoms with van der Waals surface area (Å²) in [7, 11) is 1.70. The number of hydrogen-bond donors (Lipinski definition) is 3. The van der Waals surface area contributed by atoms with Crippen molar-refractivity contribution in [2.45, 2.75) is 44.2 Å². The van der Waals surface area contributed by atoms with Crippen molar-refractivity contribution in [1.82, 2.24) is 15.1 Å². The average molecular weight is 294 g/mol. The highest BCUT2D eigenvalue weighted by Gasteiger charge is 2.31. The molecule has 0 radical (unpaired) electrons. The predicted molar refractivity (Wildman–Crippen MR) is 76.3 cm³/mol. The van der Waals surface area contributed by atoms with Crippen LogP contribution in [0, 0.1) is 5.92 Å². The Morgan fingerprint density at radius 1 is 1.43 bits per heavy atom. The van der Waals surface area contributed by atoms with Crippen LogP contribution in [-0.4, -0.2) is 32.8 Å². The highest BCUT2D eigenvalue weighted by Crippen LogP contribution is 2.23. The molecule has 1 aliphatic carbocycles. The van der Waals surface area contributed by atoms with E-state index in [-0.39, 0.29) is 17.9 Å². The molecule has 1 aliphatic rings. The monoisotopic (exact) mass is 294 g/mol. The third-order valence-electron chi connectivity index (χ3n) is 4.00. The Hall–Kier alpha value is -1.89. The van der Waals surface area contributed by atoms with Gasteiger partial charge in [0.2, 0.25) is 5.91 Å². The Labute approximate surface area is 123 Å². The zero-order valence-corrected chi connectivity index (χ0v) is 12.2. The van der Waals surface area contributed by atoms with Gasteiger partial charge in [0.1, 0.15) is 0 Å². The van der Waals surface area contributed by atoms with Crippen LogP contribution in [0.3, 0.4) is 0 Å². The van der Waals surface area contributed by atoms with Crippen molar-refractivity contribution in [1.29, 1.82) is 0 Å². The van der Waals surface area contributed by atoms with E-state index in [9.17, 15) is 14.7 Å². The molecule has 1 aromatic heterocycles. The maximum absolute atomic E-state index is 12.4. The van der Waals surface area contributed by atoms with E-state index < -0.39 is 12.0 Å².